The molecule has 2 aromatic rings. The smallest absolute Gasteiger partial charge is 0.263 e. The topological polar surface area (TPSA) is 58.4 Å². The number of halogens is 2. The first-order valence-corrected chi connectivity index (χ1v) is 9.18. The Hall–Kier alpha value is -1.99. The van der Waals surface area contributed by atoms with Crippen LogP contribution in [0.2, 0.25) is 5.02 Å². The predicted molar refractivity (Wildman–Crippen MR) is 102 cm³/mol. The van der Waals surface area contributed by atoms with Crippen LogP contribution in [-0.4, -0.2) is 34.2 Å². The molecule has 0 spiro atoms. The summed E-state index contributed by atoms with van der Waals surface area (Å²) in [5.74, 6) is -0.138. The van der Waals surface area contributed by atoms with Crippen LogP contribution < -0.4 is 5.32 Å². The van der Waals surface area contributed by atoms with Gasteiger partial charge in [-0.25, -0.2) is 4.39 Å². The molecule has 0 bridgehead atoms. The Bertz CT molecular complexity index is 827. The van der Waals surface area contributed by atoms with Crippen LogP contribution in [-0.2, 0) is 0 Å². The second kappa shape index (κ2) is 7.72. The van der Waals surface area contributed by atoms with Crippen LogP contribution in [0.3, 0.4) is 0 Å². The third-order valence-electron chi connectivity index (χ3n) is 4.58. The fraction of sp³-hybridized carbons (Fsp3) is 0.389. The Morgan fingerprint density at radius 3 is 2.77 bits per heavy atom. The molecule has 0 radical (unpaired) electrons. The summed E-state index contributed by atoms with van der Waals surface area (Å²) in [5.41, 5.74) is 0.233. The molecule has 1 aliphatic rings. The fourth-order valence-corrected chi connectivity index (χ4v) is 3.51. The lowest BCUT2D eigenvalue weighted by Gasteiger charge is -2.32. The molecule has 3 rings (SSSR count). The van der Waals surface area contributed by atoms with Crippen molar-refractivity contribution < 1.29 is 13.7 Å². The molecule has 26 heavy (non-hydrogen) atoms. The largest absolute Gasteiger partial charge is 0.360 e. The van der Waals surface area contributed by atoms with E-state index in [2.05, 4.69) is 17.4 Å². The van der Waals surface area contributed by atoms with Gasteiger partial charge >= 0.3 is 0 Å². The number of rotatable bonds is 2. The number of nitrogens with one attached hydrogen (secondary N) is 1. The summed E-state index contributed by atoms with van der Waals surface area (Å²) in [4.78, 5) is 14.7. The van der Waals surface area contributed by atoms with E-state index in [1.54, 1.807) is 6.92 Å². The Morgan fingerprint density at radius 2 is 2.12 bits per heavy atom. The molecule has 1 aromatic carbocycles. The van der Waals surface area contributed by atoms with Crippen LogP contribution in [0, 0.1) is 18.7 Å². The molecule has 8 heteroatoms. The number of carbonyl (C=O) groups is 1. The first-order valence-electron chi connectivity index (χ1n) is 8.39. The number of amides is 1. The number of nitrogens with zero attached hydrogens (tertiary/aromatic N) is 2. The molecule has 0 aliphatic carbocycles. The summed E-state index contributed by atoms with van der Waals surface area (Å²) in [6.45, 7) is 5.39. The summed E-state index contributed by atoms with van der Waals surface area (Å²) >= 11 is 11.5. The Labute approximate surface area is 161 Å². The van der Waals surface area contributed by atoms with Gasteiger partial charge in [0.15, 0.2) is 5.11 Å². The molecule has 1 N–H and O–H groups in total. The van der Waals surface area contributed by atoms with Gasteiger partial charge in [-0.3, -0.25) is 10.1 Å². The van der Waals surface area contributed by atoms with E-state index in [0.29, 0.717) is 11.0 Å². The molecule has 138 valence electrons. The van der Waals surface area contributed by atoms with Gasteiger partial charge in [0, 0.05) is 13.1 Å². The number of piperidine rings is 1. The summed E-state index contributed by atoms with van der Waals surface area (Å²) in [5, 5.41) is 7.06. The van der Waals surface area contributed by atoms with Gasteiger partial charge in [0.1, 0.15) is 22.8 Å². The van der Waals surface area contributed by atoms with E-state index in [4.69, 9.17) is 28.3 Å². The van der Waals surface area contributed by atoms with Gasteiger partial charge in [-0.2, -0.15) is 0 Å². The second-order valence-corrected chi connectivity index (χ2v) is 7.28. The highest BCUT2D eigenvalue weighted by Crippen LogP contribution is 2.33. The lowest BCUT2D eigenvalue weighted by atomic mass is 10.00. The third kappa shape index (κ3) is 3.73. The maximum absolute atomic E-state index is 14.2. The van der Waals surface area contributed by atoms with E-state index in [-0.39, 0.29) is 27.6 Å². The van der Waals surface area contributed by atoms with Gasteiger partial charge in [0.05, 0.1) is 10.6 Å². The highest BCUT2D eigenvalue weighted by atomic mass is 35.5. The van der Waals surface area contributed by atoms with E-state index in [9.17, 15) is 9.18 Å². The first-order chi connectivity index (χ1) is 12.4. The van der Waals surface area contributed by atoms with Crippen molar-refractivity contribution in [3.63, 3.8) is 0 Å². The van der Waals surface area contributed by atoms with Crippen molar-refractivity contribution in [2.24, 2.45) is 5.92 Å². The van der Waals surface area contributed by atoms with Crippen molar-refractivity contribution in [1.82, 2.24) is 15.4 Å². The summed E-state index contributed by atoms with van der Waals surface area (Å²) in [6.07, 6.45) is 2.05. The van der Waals surface area contributed by atoms with Crippen molar-refractivity contribution >= 4 is 34.8 Å². The minimum absolute atomic E-state index is 0.0360. The molecule has 1 fully saturated rings. The molecule has 2 heterocycles. The molecule has 5 nitrogen and oxygen atoms in total. The average Bonchev–Trinajstić information content (AvgIpc) is 2.96. The Kier molecular flexibility index (Phi) is 5.58. The number of hydrogen-bond donors (Lipinski definition) is 1. The van der Waals surface area contributed by atoms with Gasteiger partial charge < -0.3 is 9.42 Å². The molecular weight excluding hydrogens is 377 g/mol. The molecule has 1 saturated heterocycles. The predicted octanol–water partition coefficient (Wildman–Crippen LogP) is 4.19. The standard InChI is InChI=1S/C18H19ClFN3O2S/c1-10-6-8-23(9-7-10)18(26)21-17(24)14-11(2)25-22-16(14)15-12(19)4-3-5-13(15)20/h3-5,10H,6-9H2,1-2H3,(H,21,24,26). The van der Waals surface area contributed by atoms with Crippen LogP contribution in [0.25, 0.3) is 11.3 Å². The average molecular weight is 396 g/mol. The van der Waals surface area contributed by atoms with E-state index in [1.165, 1.54) is 18.2 Å². The minimum Gasteiger partial charge on any atom is -0.360 e. The maximum atomic E-state index is 14.2. The normalized spacial score (nSPS) is 15.2. The van der Waals surface area contributed by atoms with Gasteiger partial charge in [-0.05, 0) is 50.0 Å². The van der Waals surface area contributed by atoms with Crippen LogP contribution in [0.15, 0.2) is 22.7 Å². The molecule has 0 saturated carbocycles. The third-order valence-corrected chi connectivity index (χ3v) is 5.26. The molecular formula is C18H19ClFN3O2S. The van der Waals surface area contributed by atoms with Crippen molar-refractivity contribution in [2.75, 3.05) is 13.1 Å². The van der Waals surface area contributed by atoms with Crippen molar-refractivity contribution in [3.05, 3.63) is 40.4 Å². The van der Waals surface area contributed by atoms with Crippen LogP contribution in [0.5, 0.6) is 0 Å². The maximum Gasteiger partial charge on any atom is 0.263 e. The van der Waals surface area contributed by atoms with Crippen molar-refractivity contribution in [1.29, 1.82) is 0 Å². The second-order valence-electron chi connectivity index (χ2n) is 6.49. The number of carbonyl (C=O) groups excluding carboxylic acids is 1. The minimum atomic E-state index is -0.576. The van der Waals surface area contributed by atoms with E-state index in [0.717, 1.165) is 25.9 Å². The summed E-state index contributed by atoms with van der Waals surface area (Å²) in [7, 11) is 0. The number of benzene rings is 1. The zero-order valence-corrected chi connectivity index (χ0v) is 16.1. The summed E-state index contributed by atoms with van der Waals surface area (Å²) in [6, 6.07) is 4.28. The molecule has 0 atom stereocenters. The van der Waals surface area contributed by atoms with Gasteiger partial charge in [0.2, 0.25) is 0 Å². The van der Waals surface area contributed by atoms with Crippen molar-refractivity contribution in [3.8, 4) is 11.3 Å². The summed E-state index contributed by atoms with van der Waals surface area (Å²) < 4.78 is 19.4. The van der Waals surface area contributed by atoms with E-state index in [1.807, 2.05) is 4.90 Å². The van der Waals surface area contributed by atoms with Crippen LogP contribution in [0.4, 0.5) is 4.39 Å². The molecule has 0 unspecified atom stereocenters. The molecule has 1 aromatic heterocycles. The zero-order valence-electron chi connectivity index (χ0n) is 14.5. The fourth-order valence-electron chi connectivity index (χ4n) is 2.98. The van der Waals surface area contributed by atoms with E-state index >= 15 is 0 Å². The van der Waals surface area contributed by atoms with Crippen LogP contribution in [0.1, 0.15) is 35.9 Å². The first kappa shape index (κ1) is 18.8. The Morgan fingerprint density at radius 1 is 1.42 bits per heavy atom. The highest BCUT2D eigenvalue weighted by Gasteiger charge is 2.27. The molecule has 1 amide bonds. The number of aryl methyl sites for hydroxylation is 1. The van der Waals surface area contributed by atoms with Gasteiger partial charge in [-0.1, -0.05) is 29.7 Å². The van der Waals surface area contributed by atoms with E-state index < -0.39 is 11.7 Å². The monoisotopic (exact) mass is 395 g/mol. The zero-order chi connectivity index (χ0) is 18.8. The number of thiocarbonyl (C=S) groups is 1. The van der Waals surface area contributed by atoms with Crippen molar-refractivity contribution in [2.45, 2.75) is 26.7 Å². The number of likely N-dealkylation sites (tertiary alicyclic amines) is 1. The quantitative estimate of drug-likeness (QED) is 0.772. The lowest BCUT2D eigenvalue weighted by Crippen LogP contribution is -2.46. The molecule has 1 aliphatic heterocycles. The number of aromatic nitrogens is 1. The van der Waals surface area contributed by atoms with Crippen LogP contribution >= 0.6 is 23.8 Å². The lowest BCUT2D eigenvalue weighted by molar-refractivity contribution is 0.0971. The SMILES string of the molecule is Cc1onc(-c2c(F)cccc2Cl)c1C(=O)NC(=S)N1CCC(C)CC1. The Balaban J connectivity index is 1.85. The number of hydrogen-bond acceptors (Lipinski definition) is 4. The highest BCUT2D eigenvalue weighted by molar-refractivity contribution is 7.80. The van der Waals surface area contributed by atoms with Gasteiger partial charge in [0.25, 0.3) is 5.91 Å². The van der Waals surface area contributed by atoms with Gasteiger partial charge in [-0.15, -0.1) is 0 Å².